The maximum absolute atomic E-state index is 15.2. The van der Waals surface area contributed by atoms with Gasteiger partial charge in [-0.05, 0) is 116 Å². The number of aromatic hydroxyl groups is 2. The maximum atomic E-state index is 15.2. The highest BCUT2D eigenvalue weighted by Crippen LogP contribution is 2.23. The third-order valence-corrected chi connectivity index (χ3v) is 19.6. The Morgan fingerprint density at radius 3 is 1.33 bits per heavy atom. The van der Waals surface area contributed by atoms with Gasteiger partial charge in [0.25, 0.3) is 0 Å². The van der Waals surface area contributed by atoms with Crippen molar-refractivity contribution in [3.05, 3.63) is 132 Å². The molecule has 0 aliphatic rings. The average Bonchev–Trinajstić information content (AvgIpc) is 1.64. The first-order valence-electron chi connectivity index (χ1n) is 36.9. The standard InChI is InChI=1S/C76H103N19O17S3/c1-39(2)29-55(69(106)90-56(30-42-16-20-46(98)21-17-42)66(103)84-36-63(101)86-52(65(78)102)15-10-27-81-76(79)80)89-72(109)58(32-44-34-82-50-13-8-6-11-48(44)50)92-70(107)57(31-43-18-22-47(99)23-19-43)91-74(111)61(38-114)94-67(104)53(24-25-62(77)100)87-71(108)59(33-45-35-83-51-14-9-7-12-49(45)51)93-75(112)64(40(3)96)95-68(105)54(26-28-115-5)88-73(110)60(37-113)85-41(4)97/h6-9,11-14,16-23,34-35,39-40,52-61,64,82-83,96,98-99,113-114H,10,15,24-33,36-38H2,1-5H3,(H2,77,100)(H2,78,102)(H,84,103)(H,85,97)(H,86,101)(H,87,108)(H,88,110)(H,89,109)(H,90,106)(H,91,111)(H,92,107)(H,93,112)(H,94,104)(H,95,105)(H4,79,80,81)/t40-,52+,53+,54+,55+,56+,57+,58+,59+,60+,61+,64+/m1/s1. The predicted molar refractivity (Wildman–Crippen MR) is 436 cm³/mol. The number of carbonyl (C=O) groups is 14. The number of thiol groups is 2. The second-order valence-corrected chi connectivity index (χ2v) is 29.6. The summed E-state index contributed by atoms with van der Waals surface area (Å²) >= 11 is 9.89. The van der Waals surface area contributed by atoms with Crippen LogP contribution in [0, 0.1) is 11.3 Å². The van der Waals surface area contributed by atoms with Gasteiger partial charge in [0.15, 0.2) is 5.96 Å². The minimum atomic E-state index is -1.79. The molecule has 622 valence electrons. The molecular weight excluding hydrogens is 1550 g/mol. The highest BCUT2D eigenvalue weighted by Gasteiger charge is 2.38. The van der Waals surface area contributed by atoms with E-state index < -0.39 is 180 Å². The van der Waals surface area contributed by atoms with Crippen LogP contribution in [0.3, 0.4) is 0 Å². The number of para-hydroxylation sites is 2. The summed E-state index contributed by atoms with van der Waals surface area (Å²) in [6.07, 6.45) is 1.45. The Labute approximate surface area is 678 Å². The van der Waals surface area contributed by atoms with E-state index in [1.54, 1.807) is 81.0 Å². The molecule has 39 heteroatoms. The fourth-order valence-corrected chi connectivity index (χ4v) is 13.2. The van der Waals surface area contributed by atoms with Crippen LogP contribution in [0.25, 0.3) is 21.8 Å². The number of rotatable bonds is 47. The third kappa shape index (κ3) is 30.0. The van der Waals surface area contributed by atoms with Gasteiger partial charge in [-0.1, -0.05) is 74.5 Å². The molecule has 0 aliphatic heterocycles. The van der Waals surface area contributed by atoms with Gasteiger partial charge in [0.1, 0.15) is 78.0 Å². The van der Waals surface area contributed by atoms with Crippen molar-refractivity contribution in [2.75, 3.05) is 36.6 Å². The lowest BCUT2D eigenvalue weighted by Gasteiger charge is -2.29. The Morgan fingerprint density at radius 1 is 0.470 bits per heavy atom. The third-order valence-electron chi connectivity index (χ3n) is 18.2. The Bertz CT molecular complexity index is 4390. The van der Waals surface area contributed by atoms with Crippen molar-refractivity contribution in [1.29, 1.82) is 5.41 Å². The summed E-state index contributed by atoms with van der Waals surface area (Å²) in [5, 5.41) is 73.6. The molecule has 0 saturated carbocycles. The number of aliphatic hydroxyl groups excluding tert-OH is 1. The number of hydrogen-bond acceptors (Lipinski definition) is 21. The number of nitrogens with two attached hydrogens (primary N) is 3. The maximum Gasteiger partial charge on any atom is 0.245 e. The Balaban J connectivity index is 1.27. The number of phenolic OH excluding ortho intramolecular Hbond substituents is 2. The van der Waals surface area contributed by atoms with Crippen LogP contribution >= 0.6 is 37.0 Å². The van der Waals surface area contributed by atoms with Gasteiger partial charge < -0.3 is 112 Å². The quantitative estimate of drug-likeness (QED) is 0.00838. The number of aromatic amines is 2. The first-order valence-corrected chi connectivity index (χ1v) is 39.6. The largest absolute Gasteiger partial charge is 0.508 e. The zero-order chi connectivity index (χ0) is 84.6. The van der Waals surface area contributed by atoms with Gasteiger partial charge in [-0.25, -0.2) is 0 Å². The van der Waals surface area contributed by atoms with E-state index in [9.17, 15) is 72.9 Å². The number of nitrogens with one attached hydrogen (secondary N) is 16. The number of hydrogen-bond donors (Lipinski definition) is 24. The molecule has 14 amide bonds. The number of amides is 14. The number of guanidine groups is 1. The molecule has 0 spiro atoms. The van der Waals surface area contributed by atoms with Crippen LogP contribution in [0.5, 0.6) is 11.5 Å². The molecule has 0 aliphatic carbocycles. The molecule has 0 fully saturated rings. The Kier molecular flexibility index (Phi) is 36.9. The number of phenols is 2. The van der Waals surface area contributed by atoms with E-state index in [-0.39, 0.29) is 87.0 Å². The second kappa shape index (κ2) is 45.9. The van der Waals surface area contributed by atoms with Gasteiger partial charge in [0, 0.05) is 91.3 Å². The molecule has 12 atom stereocenters. The van der Waals surface area contributed by atoms with Crippen molar-refractivity contribution < 1.29 is 82.4 Å². The summed E-state index contributed by atoms with van der Waals surface area (Å²) in [5.74, 6) is -14.0. The van der Waals surface area contributed by atoms with E-state index in [2.05, 4.69) is 104 Å². The van der Waals surface area contributed by atoms with Crippen molar-refractivity contribution in [2.24, 2.45) is 23.1 Å². The molecule has 0 radical (unpaired) electrons. The minimum Gasteiger partial charge on any atom is -0.508 e. The van der Waals surface area contributed by atoms with Crippen molar-refractivity contribution in [3.63, 3.8) is 0 Å². The summed E-state index contributed by atoms with van der Waals surface area (Å²) in [6, 6.07) is 8.68. The summed E-state index contributed by atoms with van der Waals surface area (Å²) in [6.45, 7) is 5.39. The van der Waals surface area contributed by atoms with Crippen molar-refractivity contribution >= 4 is 147 Å². The number of aromatic nitrogens is 2. The van der Waals surface area contributed by atoms with Gasteiger partial charge in [0.05, 0.1) is 12.6 Å². The summed E-state index contributed by atoms with van der Waals surface area (Å²) in [4.78, 5) is 202. The zero-order valence-electron chi connectivity index (χ0n) is 64.1. The lowest BCUT2D eigenvalue weighted by molar-refractivity contribution is -0.137. The minimum absolute atomic E-state index is 0.0292. The van der Waals surface area contributed by atoms with E-state index >= 15 is 9.59 Å². The average molecular weight is 1650 g/mol. The van der Waals surface area contributed by atoms with Gasteiger partial charge in [-0.15, -0.1) is 0 Å². The summed E-state index contributed by atoms with van der Waals surface area (Å²) in [5.41, 5.74) is 19.6. The van der Waals surface area contributed by atoms with E-state index in [4.69, 9.17) is 22.6 Å². The van der Waals surface area contributed by atoms with Gasteiger partial charge in [-0.2, -0.15) is 37.0 Å². The Hall–Kier alpha value is -11.6. The van der Waals surface area contributed by atoms with Crippen LogP contribution in [0.1, 0.15) is 88.5 Å². The molecule has 0 unspecified atom stereocenters. The van der Waals surface area contributed by atoms with E-state index in [0.29, 0.717) is 49.8 Å². The molecule has 36 nitrogen and oxygen atoms in total. The van der Waals surface area contributed by atoms with Crippen molar-refractivity contribution in [3.8, 4) is 11.5 Å². The fourth-order valence-electron chi connectivity index (χ4n) is 12.2. The van der Waals surface area contributed by atoms with Crippen LogP contribution in [0.2, 0.25) is 0 Å². The number of fused-ring (bicyclic) bond motifs is 2. The fraction of sp³-hybridized carbons (Fsp3) is 0.434. The lowest BCUT2D eigenvalue weighted by Crippen LogP contribution is -2.62. The number of aliphatic hydroxyl groups is 1. The first-order chi connectivity index (χ1) is 54.7. The van der Waals surface area contributed by atoms with Crippen LogP contribution in [-0.4, -0.2) is 223 Å². The second-order valence-electron chi connectivity index (χ2n) is 27.8. The number of benzene rings is 4. The number of H-pyrrole nitrogens is 2. The van der Waals surface area contributed by atoms with Gasteiger partial charge in [0.2, 0.25) is 82.7 Å². The zero-order valence-corrected chi connectivity index (χ0v) is 66.7. The smallest absolute Gasteiger partial charge is 0.245 e. The number of thioether (sulfide) groups is 1. The molecule has 0 bridgehead atoms. The molecule has 0 saturated heterocycles. The van der Waals surface area contributed by atoms with Crippen LogP contribution in [0.4, 0.5) is 0 Å². The van der Waals surface area contributed by atoms with Crippen molar-refractivity contribution in [1.82, 2.24) is 79.1 Å². The van der Waals surface area contributed by atoms with E-state index in [0.717, 1.165) is 0 Å². The summed E-state index contributed by atoms with van der Waals surface area (Å²) in [7, 11) is 0. The molecule has 115 heavy (non-hydrogen) atoms. The molecular formula is C76H103N19O17S3. The van der Waals surface area contributed by atoms with E-state index in [1.165, 1.54) is 74.1 Å². The topological polar surface area (TPSA) is 590 Å². The molecule has 6 rings (SSSR count). The number of carbonyl (C=O) groups excluding carboxylic acids is 14. The highest BCUT2D eigenvalue weighted by atomic mass is 32.2. The van der Waals surface area contributed by atoms with Gasteiger partial charge >= 0.3 is 0 Å². The molecule has 6 aromatic rings. The molecule has 25 N–H and O–H groups in total. The van der Waals surface area contributed by atoms with Gasteiger partial charge in [-0.3, -0.25) is 72.5 Å². The van der Waals surface area contributed by atoms with Crippen LogP contribution < -0.4 is 86.3 Å². The highest BCUT2D eigenvalue weighted by molar-refractivity contribution is 7.98. The molecule has 4 aromatic carbocycles. The number of primary amides is 2. The first kappa shape index (κ1) is 92.3. The van der Waals surface area contributed by atoms with Crippen molar-refractivity contribution in [2.45, 2.75) is 164 Å². The SMILES string of the molecule is CSCC[C@H](NC(=O)[C@H](CS)NC(C)=O)C(=O)N[C@H](C(=O)N[C@@H](Cc1c[nH]c2ccccc12)C(=O)N[C@@H](CCC(N)=O)C(=O)N[C@@H](CS)C(=O)N[C@@H](Cc1ccc(O)cc1)C(=O)N[C@@H](Cc1c[nH]c2ccccc12)C(=O)N[C@@H](CC(C)C)C(=O)N[C@@H](Cc1ccc(O)cc1)C(=O)NCC(=O)N[C@@H](CCCNC(=N)N)C(N)=O)[C@@H](C)O. The summed E-state index contributed by atoms with van der Waals surface area (Å²) < 4.78 is 0. The normalized spacial score (nSPS) is 14.3. The predicted octanol–water partition coefficient (Wildman–Crippen LogP) is -2.15. The lowest BCUT2D eigenvalue weighted by atomic mass is 9.99. The monoisotopic (exact) mass is 1650 g/mol. The molecule has 2 heterocycles. The Morgan fingerprint density at radius 2 is 0.878 bits per heavy atom. The van der Waals surface area contributed by atoms with Crippen LogP contribution in [-0.2, 0) is 92.8 Å². The van der Waals surface area contributed by atoms with E-state index in [1.807, 2.05) is 0 Å². The molecule has 2 aromatic heterocycles. The van der Waals surface area contributed by atoms with Crippen LogP contribution in [0.15, 0.2) is 109 Å².